The summed E-state index contributed by atoms with van der Waals surface area (Å²) in [7, 11) is 2.11. The maximum absolute atomic E-state index is 4.39. The van der Waals surface area contributed by atoms with E-state index in [2.05, 4.69) is 56.3 Å². The predicted octanol–water partition coefficient (Wildman–Crippen LogP) is 2.00. The van der Waals surface area contributed by atoms with Gasteiger partial charge in [0.05, 0.1) is 0 Å². The number of likely N-dealkylation sites (tertiary alicyclic amines) is 1. The first-order valence-corrected chi connectivity index (χ1v) is 7.21. The van der Waals surface area contributed by atoms with Crippen molar-refractivity contribution in [1.29, 1.82) is 0 Å². The zero-order valence-corrected chi connectivity index (χ0v) is 12.6. The fraction of sp³-hybridized carbons (Fsp3) is 0.667. The fourth-order valence-electron chi connectivity index (χ4n) is 2.27. The molecule has 5 heteroatoms. The van der Waals surface area contributed by atoms with Gasteiger partial charge in [0.15, 0.2) is 0 Å². The summed E-state index contributed by atoms with van der Waals surface area (Å²) < 4.78 is 1.08. The van der Waals surface area contributed by atoms with E-state index in [4.69, 9.17) is 0 Å². The molecule has 4 nitrogen and oxygen atoms in total. The van der Waals surface area contributed by atoms with Crippen molar-refractivity contribution in [3.05, 3.63) is 16.0 Å². The van der Waals surface area contributed by atoms with E-state index in [1.807, 2.05) is 12.4 Å². The summed E-state index contributed by atoms with van der Waals surface area (Å²) in [5, 5.41) is 0. The molecule has 0 radical (unpaired) electrons. The molecule has 1 aliphatic rings. The average Bonchev–Trinajstić information content (AvgIpc) is 2.39. The predicted molar refractivity (Wildman–Crippen MR) is 78.3 cm³/mol. The molecular formula is C12H19IN4. The van der Waals surface area contributed by atoms with E-state index >= 15 is 0 Å². The lowest BCUT2D eigenvalue weighted by Gasteiger charge is -2.36. The molecule has 0 atom stereocenters. The van der Waals surface area contributed by atoms with Crippen LogP contribution in [-0.4, -0.2) is 47.6 Å². The van der Waals surface area contributed by atoms with Gasteiger partial charge in [-0.3, -0.25) is 0 Å². The van der Waals surface area contributed by atoms with Gasteiger partial charge < -0.3 is 9.80 Å². The van der Waals surface area contributed by atoms with Gasteiger partial charge >= 0.3 is 0 Å². The monoisotopic (exact) mass is 346 g/mol. The topological polar surface area (TPSA) is 32.3 Å². The first-order chi connectivity index (χ1) is 8.20. The van der Waals surface area contributed by atoms with E-state index in [-0.39, 0.29) is 0 Å². The van der Waals surface area contributed by atoms with Crippen LogP contribution in [0.15, 0.2) is 12.4 Å². The minimum absolute atomic E-state index is 0.581. The van der Waals surface area contributed by atoms with Gasteiger partial charge in [0.1, 0.15) is 0 Å². The van der Waals surface area contributed by atoms with Gasteiger partial charge in [0.25, 0.3) is 0 Å². The number of anilines is 1. The number of halogens is 1. The van der Waals surface area contributed by atoms with Crippen molar-refractivity contribution in [2.45, 2.75) is 25.8 Å². The van der Waals surface area contributed by atoms with Gasteiger partial charge in [-0.15, -0.1) is 0 Å². The Morgan fingerprint density at radius 2 is 1.94 bits per heavy atom. The number of piperidine rings is 1. The average molecular weight is 346 g/mol. The summed E-state index contributed by atoms with van der Waals surface area (Å²) in [4.78, 5) is 13.5. The molecule has 1 aromatic rings. The Kier molecular flexibility index (Phi) is 4.55. The minimum Gasteiger partial charge on any atom is -0.341 e. The molecule has 0 spiro atoms. The van der Waals surface area contributed by atoms with Gasteiger partial charge in [-0.25, -0.2) is 9.97 Å². The van der Waals surface area contributed by atoms with Gasteiger partial charge in [0.2, 0.25) is 5.95 Å². The molecule has 0 aromatic carbocycles. The molecule has 0 N–H and O–H groups in total. The maximum Gasteiger partial charge on any atom is 0.225 e. The van der Waals surface area contributed by atoms with Crippen molar-refractivity contribution >= 4 is 28.5 Å². The summed E-state index contributed by atoms with van der Waals surface area (Å²) in [6.07, 6.45) is 6.17. The molecule has 0 unspecified atom stereocenters. The van der Waals surface area contributed by atoms with Crippen LogP contribution in [0.1, 0.15) is 19.8 Å². The third-order valence-corrected chi connectivity index (χ3v) is 4.03. The molecule has 94 valence electrons. The van der Waals surface area contributed by atoms with Gasteiger partial charge in [-0.2, -0.15) is 0 Å². The second-order valence-electron chi connectivity index (χ2n) is 4.48. The highest BCUT2D eigenvalue weighted by atomic mass is 127. The molecule has 0 aliphatic carbocycles. The molecule has 2 rings (SSSR count). The Morgan fingerprint density at radius 1 is 1.35 bits per heavy atom. The Morgan fingerprint density at radius 3 is 2.47 bits per heavy atom. The molecule has 1 fully saturated rings. The molecular weight excluding hydrogens is 327 g/mol. The Hall–Kier alpha value is -0.430. The van der Waals surface area contributed by atoms with Crippen molar-refractivity contribution in [3.8, 4) is 0 Å². The number of nitrogens with zero attached hydrogens (tertiary/aromatic N) is 4. The summed E-state index contributed by atoms with van der Waals surface area (Å²) in [5.74, 6) is 0.848. The molecule has 1 aromatic heterocycles. The Bertz CT molecular complexity index is 346. The molecule has 1 aliphatic heterocycles. The second-order valence-corrected chi connectivity index (χ2v) is 5.72. The Balaban J connectivity index is 1.96. The van der Waals surface area contributed by atoms with Crippen LogP contribution in [0.3, 0.4) is 0 Å². The molecule has 17 heavy (non-hydrogen) atoms. The zero-order chi connectivity index (χ0) is 12.3. The van der Waals surface area contributed by atoms with Crippen LogP contribution in [0, 0.1) is 3.57 Å². The maximum atomic E-state index is 4.39. The molecule has 2 heterocycles. The highest BCUT2D eigenvalue weighted by molar-refractivity contribution is 14.1. The highest BCUT2D eigenvalue weighted by Crippen LogP contribution is 2.18. The van der Waals surface area contributed by atoms with Crippen LogP contribution < -0.4 is 4.90 Å². The summed E-state index contributed by atoms with van der Waals surface area (Å²) in [6, 6.07) is 0.581. The minimum atomic E-state index is 0.581. The molecule has 0 saturated carbocycles. The van der Waals surface area contributed by atoms with E-state index in [1.54, 1.807) is 0 Å². The Labute approximate surface area is 117 Å². The van der Waals surface area contributed by atoms with Crippen LogP contribution >= 0.6 is 22.6 Å². The van der Waals surface area contributed by atoms with E-state index < -0.39 is 0 Å². The SMILES string of the molecule is CCN1CCC(N(C)c2ncc(I)cn2)CC1. The van der Waals surface area contributed by atoms with E-state index in [1.165, 1.54) is 25.9 Å². The molecule has 1 saturated heterocycles. The van der Waals surface area contributed by atoms with Crippen LogP contribution in [0.5, 0.6) is 0 Å². The van der Waals surface area contributed by atoms with Gasteiger partial charge in [-0.05, 0) is 42.0 Å². The quantitative estimate of drug-likeness (QED) is 0.784. The molecule has 0 amide bonds. The first-order valence-electron chi connectivity index (χ1n) is 6.13. The van der Waals surface area contributed by atoms with Gasteiger partial charge in [0, 0.05) is 42.1 Å². The fourth-order valence-corrected chi connectivity index (χ4v) is 2.55. The number of hydrogen-bond acceptors (Lipinski definition) is 4. The number of hydrogen-bond donors (Lipinski definition) is 0. The van der Waals surface area contributed by atoms with Gasteiger partial charge in [-0.1, -0.05) is 6.92 Å². The second kappa shape index (κ2) is 5.95. The van der Waals surface area contributed by atoms with Crippen molar-refractivity contribution < 1.29 is 0 Å². The normalized spacial score (nSPS) is 18.3. The lowest BCUT2D eigenvalue weighted by atomic mass is 10.0. The summed E-state index contributed by atoms with van der Waals surface area (Å²) >= 11 is 2.23. The van der Waals surface area contributed by atoms with E-state index in [0.717, 1.165) is 16.1 Å². The smallest absolute Gasteiger partial charge is 0.225 e. The lowest BCUT2D eigenvalue weighted by Crippen LogP contribution is -2.43. The van der Waals surface area contributed by atoms with E-state index in [9.17, 15) is 0 Å². The van der Waals surface area contributed by atoms with Crippen molar-refractivity contribution in [1.82, 2.24) is 14.9 Å². The third kappa shape index (κ3) is 3.28. The van der Waals surface area contributed by atoms with Crippen molar-refractivity contribution in [2.75, 3.05) is 31.6 Å². The number of aromatic nitrogens is 2. The summed E-state index contributed by atoms with van der Waals surface area (Å²) in [6.45, 7) is 5.77. The standard InChI is InChI=1S/C12H19IN4/c1-3-17-6-4-11(5-7-17)16(2)12-14-8-10(13)9-15-12/h8-9,11H,3-7H2,1-2H3. The first kappa shape index (κ1) is 13.0. The molecule has 0 bridgehead atoms. The van der Waals surface area contributed by atoms with Crippen LogP contribution in [0.2, 0.25) is 0 Å². The van der Waals surface area contributed by atoms with Crippen molar-refractivity contribution in [2.24, 2.45) is 0 Å². The van der Waals surface area contributed by atoms with E-state index in [0.29, 0.717) is 6.04 Å². The van der Waals surface area contributed by atoms with Crippen LogP contribution in [-0.2, 0) is 0 Å². The highest BCUT2D eigenvalue weighted by Gasteiger charge is 2.22. The number of rotatable bonds is 3. The van der Waals surface area contributed by atoms with Crippen LogP contribution in [0.4, 0.5) is 5.95 Å². The lowest BCUT2D eigenvalue weighted by molar-refractivity contribution is 0.220. The third-order valence-electron chi connectivity index (χ3n) is 3.47. The zero-order valence-electron chi connectivity index (χ0n) is 10.4. The van der Waals surface area contributed by atoms with Crippen molar-refractivity contribution in [3.63, 3.8) is 0 Å². The summed E-state index contributed by atoms with van der Waals surface area (Å²) in [5.41, 5.74) is 0. The van der Waals surface area contributed by atoms with Crippen LogP contribution in [0.25, 0.3) is 0 Å². The largest absolute Gasteiger partial charge is 0.341 e.